The summed E-state index contributed by atoms with van der Waals surface area (Å²) in [7, 11) is 0. The first kappa shape index (κ1) is 9.01. The Morgan fingerprint density at radius 3 is 2.73 bits per heavy atom. The molecule has 0 aromatic heterocycles. The van der Waals surface area contributed by atoms with Crippen LogP contribution in [0.15, 0.2) is 0 Å². The average molecular weight is 155 g/mol. The third kappa shape index (κ3) is 2.80. The van der Waals surface area contributed by atoms with Gasteiger partial charge >= 0.3 is 0 Å². The largest absolute Gasteiger partial charge is 0.330 e. The molecule has 11 heavy (non-hydrogen) atoms. The molecule has 1 heterocycles. The van der Waals surface area contributed by atoms with Crippen molar-refractivity contribution in [1.82, 2.24) is 4.90 Å². The zero-order valence-corrected chi connectivity index (χ0v) is 7.64. The summed E-state index contributed by atoms with van der Waals surface area (Å²) >= 11 is 0. The third-order valence-electron chi connectivity index (χ3n) is 2.24. The molecule has 1 rings (SSSR count). The van der Waals surface area contributed by atoms with Crippen molar-refractivity contribution in [3.05, 3.63) is 5.92 Å². The lowest BCUT2D eigenvalue weighted by molar-refractivity contribution is 0.338. The van der Waals surface area contributed by atoms with Gasteiger partial charge in [0.2, 0.25) is 0 Å². The molecule has 0 aliphatic carbocycles. The van der Waals surface area contributed by atoms with E-state index in [1.807, 2.05) is 0 Å². The van der Waals surface area contributed by atoms with E-state index in [1.54, 1.807) is 0 Å². The summed E-state index contributed by atoms with van der Waals surface area (Å²) in [5.74, 6) is 2.26. The maximum atomic E-state index is 5.59. The van der Waals surface area contributed by atoms with Gasteiger partial charge in [-0.2, -0.15) is 0 Å². The first-order chi connectivity index (χ1) is 5.22. The summed E-state index contributed by atoms with van der Waals surface area (Å²) in [6, 6.07) is 0. The molecular formula is C9H19N2. The molecule has 0 aromatic rings. The second-order valence-corrected chi connectivity index (χ2v) is 3.83. The Morgan fingerprint density at radius 2 is 2.27 bits per heavy atom. The summed E-state index contributed by atoms with van der Waals surface area (Å²) < 4.78 is 0. The highest BCUT2D eigenvalue weighted by molar-refractivity contribution is 4.86. The molecule has 2 heteroatoms. The molecule has 0 aromatic carbocycles. The molecule has 1 aliphatic rings. The predicted molar refractivity (Wildman–Crippen MR) is 48.2 cm³/mol. The van der Waals surface area contributed by atoms with Crippen LogP contribution in [0.1, 0.15) is 20.3 Å². The van der Waals surface area contributed by atoms with E-state index in [1.165, 1.54) is 25.4 Å². The van der Waals surface area contributed by atoms with Gasteiger partial charge < -0.3 is 10.6 Å². The van der Waals surface area contributed by atoms with Crippen LogP contribution in [0, 0.1) is 11.8 Å². The molecular weight excluding hydrogens is 136 g/mol. The third-order valence-corrected chi connectivity index (χ3v) is 2.24. The topological polar surface area (TPSA) is 29.3 Å². The SMILES string of the molecule is C[C](C)CN1CC[C@H](CN)C1. The molecule has 2 nitrogen and oxygen atoms in total. The standard InChI is InChI=1S/C9H19N2/c1-8(2)6-11-4-3-9(5-10)7-11/h9H,3-7,10H2,1-2H3/t9-/m1/s1. The summed E-state index contributed by atoms with van der Waals surface area (Å²) in [5, 5.41) is 0. The molecule has 1 atom stereocenters. The van der Waals surface area contributed by atoms with Crippen LogP contribution < -0.4 is 5.73 Å². The van der Waals surface area contributed by atoms with E-state index in [2.05, 4.69) is 18.7 Å². The lowest BCUT2D eigenvalue weighted by Gasteiger charge is -2.17. The number of likely N-dealkylation sites (tertiary alicyclic amines) is 1. The molecule has 65 valence electrons. The highest BCUT2D eigenvalue weighted by Gasteiger charge is 2.21. The van der Waals surface area contributed by atoms with Crippen LogP contribution in [0.5, 0.6) is 0 Å². The van der Waals surface area contributed by atoms with Crippen LogP contribution in [-0.2, 0) is 0 Å². The van der Waals surface area contributed by atoms with Crippen molar-refractivity contribution in [2.45, 2.75) is 20.3 Å². The summed E-state index contributed by atoms with van der Waals surface area (Å²) in [6.45, 7) is 8.86. The number of nitrogens with zero attached hydrogens (tertiary/aromatic N) is 1. The van der Waals surface area contributed by atoms with E-state index in [0.717, 1.165) is 19.0 Å². The fourth-order valence-electron chi connectivity index (χ4n) is 1.70. The Morgan fingerprint density at radius 1 is 1.55 bits per heavy atom. The Kier molecular flexibility index (Phi) is 3.34. The van der Waals surface area contributed by atoms with Crippen molar-refractivity contribution in [3.63, 3.8) is 0 Å². The second-order valence-electron chi connectivity index (χ2n) is 3.83. The van der Waals surface area contributed by atoms with E-state index in [4.69, 9.17) is 5.73 Å². The van der Waals surface area contributed by atoms with Gasteiger partial charge in [0.1, 0.15) is 0 Å². The highest BCUT2D eigenvalue weighted by atomic mass is 15.1. The van der Waals surface area contributed by atoms with Crippen LogP contribution in [-0.4, -0.2) is 31.1 Å². The Balaban J connectivity index is 2.19. The fourth-order valence-corrected chi connectivity index (χ4v) is 1.70. The molecule has 1 radical (unpaired) electrons. The van der Waals surface area contributed by atoms with Crippen molar-refractivity contribution in [2.75, 3.05) is 26.2 Å². The van der Waals surface area contributed by atoms with Gasteiger partial charge in [0, 0.05) is 13.1 Å². The van der Waals surface area contributed by atoms with Crippen molar-refractivity contribution >= 4 is 0 Å². The molecule has 1 fully saturated rings. The van der Waals surface area contributed by atoms with E-state index >= 15 is 0 Å². The monoisotopic (exact) mass is 155 g/mol. The van der Waals surface area contributed by atoms with Crippen LogP contribution in [0.25, 0.3) is 0 Å². The maximum Gasteiger partial charge on any atom is 0.00384 e. The molecule has 0 spiro atoms. The smallest absolute Gasteiger partial charge is 0.00384 e. The van der Waals surface area contributed by atoms with E-state index in [-0.39, 0.29) is 0 Å². The fraction of sp³-hybridized carbons (Fsp3) is 0.889. The number of hydrogen-bond donors (Lipinski definition) is 1. The molecule has 1 aliphatic heterocycles. The van der Waals surface area contributed by atoms with Gasteiger partial charge in [-0.15, -0.1) is 0 Å². The van der Waals surface area contributed by atoms with E-state index < -0.39 is 0 Å². The maximum absolute atomic E-state index is 5.59. The molecule has 1 saturated heterocycles. The van der Waals surface area contributed by atoms with Crippen LogP contribution >= 0.6 is 0 Å². The Labute approximate surface area is 69.8 Å². The first-order valence-electron chi connectivity index (χ1n) is 4.44. The summed E-state index contributed by atoms with van der Waals surface area (Å²) in [5.41, 5.74) is 5.59. The van der Waals surface area contributed by atoms with Crippen LogP contribution in [0.3, 0.4) is 0 Å². The minimum Gasteiger partial charge on any atom is -0.330 e. The van der Waals surface area contributed by atoms with Gasteiger partial charge in [-0.05, 0) is 31.3 Å². The molecule has 0 unspecified atom stereocenters. The normalized spacial score (nSPS) is 26.7. The lowest BCUT2D eigenvalue weighted by Crippen LogP contribution is -2.26. The number of rotatable bonds is 3. The minimum atomic E-state index is 0.759. The zero-order chi connectivity index (χ0) is 8.27. The molecule has 2 N–H and O–H groups in total. The van der Waals surface area contributed by atoms with Crippen molar-refractivity contribution < 1.29 is 0 Å². The predicted octanol–water partition coefficient (Wildman–Crippen LogP) is 0.881. The van der Waals surface area contributed by atoms with Gasteiger partial charge in [0.15, 0.2) is 0 Å². The Hall–Kier alpha value is -0.0800. The van der Waals surface area contributed by atoms with Gasteiger partial charge in [-0.3, -0.25) is 0 Å². The van der Waals surface area contributed by atoms with Gasteiger partial charge in [0.25, 0.3) is 0 Å². The number of hydrogen-bond acceptors (Lipinski definition) is 2. The lowest BCUT2D eigenvalue weighted by atomic mass is 10.1. The van der Waals surface area contributed by atoms with Crippen LogP contribution in [0.4, 0.5) is 0 Å². The van der Waals surface area contributed by atoms with E-state index in [0.29, 0.717) is 0 Å². The Bertz CT molecular complexity index is 112. The second kappa shape index (κ2) is 4.07. The van der Waals surface area contributed by atoms with Gasteiger partial charge in [-0.1, -0.05) is 13.8 Å². The molecule has 0 saturated carbocycles. The van der Waals surface area contributed by atoms with Crippen molar-refractivity contribution in [1.29, 1.82) is 0 Å². The highest BCUT2D eigenvalue weighted by Crippen LogP contribution is 2.16. The molecule has 0 amide bonds. The minimum absolute atomic E-state index is 0.759. The summed E-state index contributed by atoms with van der Waals surface area (Å²) in [6.07, 6.45) is 1.30. The summed E-state index contributed by atoms with van der Waals surface area (Å²) in [4.78, 5) is 2.49. The average Bonchev–Trinajstić information content (AvgIpc) is 2.34. The van der Waals surface area contributed by atoms with Crippen molar-refractivity contribution in [2.24, 2.45) is 11.7 Å². The zero-order valence-electron chi connectivity index (χ0n) is 7.64. The van der Waals surface area contributed by atoms with Crippen LogP contribution in [0.2, 0.25) is 0 Å². The molecule has 0 bridgehead atoms. The van der Waals surface area contributed by atoms with Gasteiger partial charge in [0.05, 0.1) is 0 Å². The van der Waals surface area contributed by atoms with Gasteiger partial charge in [-0.25, -0.2) is 0 Å². The van der Waals surface area contributed by atoms with E-state index in [9.17, 15) is 0 Å². The van der Waals surface area contributed by atoms with Crippen molar-refractivity contribution in [3.8, 4) is 0 Å². The first-order valence-corrected chi connectivity index (χ1v) is 4.44. The number of nitrogens with two attached hydrogens (primary N) is 1. The quantitative estimate of drug-likeness (QED) is 0.655.